The fourth-order valence-electron chi connectivity index (χ4n) is 5.67. The fourth-order valence-corrected chi connectivity index (χ4v) is 5.67. The molecule has 274 valence electrons. The second-order valence-corrected chi connectivity index (χ2v) is 13.8. The Labute approximate surface area is 285 Å². The van der Waals surface area contributed by atoms with Crippen LogP contribution in [0.3, 0.4) is 0 Å². The number of nitrogens with one attached hydrogen (secondary N) is 1. The molecule has 0 aliphatic carbocycles. The summed E-state index contributed by atoms with van der Waals surface area (Å²) in [6.45, 7) is 12.4. The molecule has 0 rings (SSSR count). The van der Waals surface area contributed by atoms with Crippen LogP contribution in [0.1, 0.15) is 195 Å². The minimum absolute atomic E-state index is 0.177. The van der Waals surface area contributed by atoms with Crippen molar-refractivity contribution < 1.29 is 28.5 Å². The number of rotatable bonds is 35. The Balaban J connectivity index is 4.26. The lowest BCUT2D eigenvalue weighted by Gasteiger charge is -2.24. The highest BCUT2D eigenvalue weighted by Gasteiger charge is 2.20. The normalized spacial score (nSPS) is 12.3. The molecule has 7 nitrogen and oxygen atoms in total. The molecule has 1 amide bonds. The Morgan fingerprint density at radius 3 is 1.54 bits per heavy atom. The zero-order chi connectivity index (χ0) is 34.0. The molecule has 0 heterocycles. The smallest absolute Gasteiger partial charge is 0.407 e. The van der Waals surface area contributed by atoms with Gasteiger partial charge in [-0.05, 0) is 33.6 Å². The van der Waals surface area contributed by atoms with Gasteiger partial charge < -0.3 is 24.3 Å². The van der Waals surface area contributed by atoms with Gasteiger partial charge >= 0.3 is 12.1 Å². The Hall–Kier alpha value is -1.34. The van der Waals surface area contributed by atoms with E-state index in [1.54, 1.807) is 0 Å². The van der Waals surface area contributed by atoms with Gasteiger partial charge in [0.2, 0.25) is 0 Å². The van der Waals surface area contributed by atoms with E-state index in [4.69, 9.17) is 18.9 Å². The van der Waals surface area contributed by atoms with Gasteiger partial charge in [0.05, 0.1) is 25.4 Å². The lowest BCUT2D eigenvalue weighted by molar-refractivity contribution is -0.152. The van der Waals surface area contributed by atoms with Crippen molar-refractivity contribution in [2.24, 2.45) is 0 Å². The van der Waals surface area contributed by atoms with Crippen LogP contribution in [0.4, 0.5) is 4.79 Å². The zero-order valence-corrected chi connectivity index (χ0v) is 31.2. The van der Waals surface area contributed by atoms with Crippen molar-refractivity contribution in [2.45, 2.75) is 207 Å². The van der Waals surface area contributed by atoms with E-state index in [0.717, 1.165) is 25.7 Å². The molecule has 0 aromatic rings. The van der Waals surface area contributed by atoms with Gasteiger partial charge in [0.25, 0.3) is 0 Å². The number of hydrogen-bond acceptors (Lipinski definition) is 6. The molecule has 0 aliphatic rings. The number of ether oxygens (including phenoxy) is 4. The van der Waals surface area contributed by atoms with E-state index in [1.165, 1.54) is 122 Å². The number of carbonyl (C=O) groups excluding carboxylic acids is 2. The molecule has 0 bridgehead atoms. The molecule has 0 saturated heterocycles. The summed E-state index contributed by atoms with van der Waals surface area (Å²) in [5.41, 5.74) is -0.344. The number of amides is 1. The molecule has 1 N–H and O–H groups in total. The van der Waals surface area contributed by atoms with Gasteiger partial charge in [0.15, 0.2) is 0 Å². The molecule has 7 heteroatoms. The maximum absolute atomic E-state index is 12.6. The third kappa shape index (κ3) is 32.6. The van der Waals surface area contributed by atoms with Crippen molar-refractivity contribution in [3.8, 4) is 0 Å². The van der Waals surface area contributed by atoms with Gasteiger partial charge in [-0.3, -0.25) is 4.79 Å². The molecule has 1 unspecified atom stereocenters. The average Bonchev–Trinajstić information content (AvgIpc) is 3.02. The summed E-state index contributed by atoms with van der Waals surface area (Å²) in [6.07, 6.45) is 29.2. The third-order valence-electron chi connectivity index (χ3n) is 8.67. The molecule has 0 fully saturated rings. The quantitative estimate of drug-likeness (QED) is 0.0540. The first-order valence-electron chi connectivity index (χ1n) is 19.7. The van der Waals surface area contributed by atoms with E-state index in [9.17, 15) is 9.59 Å². The van der Waals surface area contributed by atoms with Gasteiger partial charge in [0, 0.05) is 26.1 Å². The van der Waals surface area contributed by atoms with E-state index in [1.807, 2.05) is 20.8 Å². The molecular formula is C39H77NO6. The van der Waals surface area contributed by atoms with Crippen molar-refractivity contribution in [1.82, 2.24) is 5.32 Å². The topological polar surface area (TPSA) is 83.1 Å². The average molecular weight is 656 g/mol. The molecule has 1 atom stereocenters. The Morgan fingerprint density at radius 2 is 1.07 bits per heavy atom. The van der Waals surface area contributed by atoms with Gasteiger partial charge in [-0.15, -0.1) is 0 Å². The van der Waals surface area contributed by atoms with Crippen LogP contribution in [0.15, 0.2) is 0 Å². The molecule has 0 saturated carbocycles. The highest BCUT2D eigenvalue weighted by Crippen LogP contribution is 2.15. The number of hydrogen-bond donors (Lipinski definition) is 1. The van der Waals surface area contributed by atoms with Crippen LogP contribution in [0, 0.1) is 0 Å². The van der Waals surface area contributed by atoms with Crippen molar-refractivity contribution in [2.75, 3.05) is 33.0 Å². The highest BCUT2D eigenvalue weighted by atomic mass is 16.6. The molecule has 0 spiro atoms. The van der Waals surface area contributed by atoms with Crippen molar-refractivity contribution >= 4 is 12.1 Å². The van der Waals surface area contributed by atoms with Crippen LogP contribution < -0.4 is 5.32 Å². The molecule has 0 aromatic heterocycles. The van der Waals surface area contributed by atoms with Crippen molar-refractivity contribution in [3.63, 3.8) is 0 Å². The Bertz CT molecular complexity index is 671. The van der Waals surface area contributed by atoms with E-state index in [2.05, 4.69) is 19.2 Å². The molecule has 0 aromatic carbocycles. The summed E-state index contributed by atoms with van der Waals surface area (Å²) in [6, 6.07) is 0. The second kappa shape index (κ2) is 33.6. The molecule has 0 aliphatic heterocycles. The lowest BCUT2D eigenvalue weighted by atomic mass is 10.1. The first-order valence-corrected chi connectivity index (χ1v) is 19.7. The van der Waals surface area contributed by atoms with E-state index < -0.39 is 12.2 Å². The first-order chi connectivity index (χ1) is 22.3. The van der Waals surface area contributed by atoms with E-state index >= 15 is 0 Å². The maximum atomic E-state index is 12.6. The Morgan fingerprint density at radius 1 is 0.609 bits per heavy atom. The van der Waals surface area contributed by atoms with Gasteiger partial charge in [-0.2, -0.15) is 0 Å². The number of esters is 1. The van der Waals surface area contributed by atoms with Crippen LogP contribution in [0.25, 0.3) is 0 Å². The summed E-state index contributed by atoms with van der Waals surface area (Å²) >= 11 is 0. The van der Waals surface area contributed by atoms with Crippen LogP contribution in [-0.4, -0.2) is 56.7 Å². The second-order valence-electron chi connectivity index (χ2n) is 13.8. The standard InChI is InChI=1S/C39H77NO6/c1-6-9-11-13-15-17-19-21-23-25-27-29-32-43-35-36(34-40-38(42)44-33-31-39(4,5)45-8-3)46-37(41)30-28-26-24-22-20-18-16-14-12-10-7-2/h36H,6-35H2,1-5H3,(H,40,42). The van der Waals surface area contributed by atoms with E-state index in [-0.39, 0.29) is 31.3 Å². The van der Waals surface area contributed by atoms with Crippen LogP contribution in [-0.2, 0) is 23.7 Å². The number of alkyl carbamates (subject to hydrolysis) is 1. The maximum Gasteiger partial charge on any atom is 0.407 e. The van der Waals surface area contributed by atoms with Crippen LogP contribution in [0.2, 0.25) is 0 Å². The van der Waals surface area contributed by atoms with Gasteiger partial charge in [-0.25, -0.2) is 4.79 Å². The lowest BCUT2D eigenvalue weighted by Crippen LogP contribution is -2.38. The SMILES string of the molecule is CCCCCCCCCCCCCCOCC(CNC(=O)OCCC(C)(C)OCC)OC(=O)CCCCCCCCCCCCC. The van der Waals surface area contributed by atoms with Crippen molar-refractivity contribution in [3.05, 3.63) is 0 Å². The molecular weight excluding hydrogens is 578 g/mol. The zero-order valence-electron chi connectivity index (χ0n) is 31.2. The monoisotopic (exact) mass is 656 g/mol. The van der Waals surface area contributed by atoms with Gasteiger partial charge in [-0.1, -0.05) is 149 Å². The summed E-state index contributed by atoms with van der Waals surface area (Å²) < 4.78 is 22.6. The first kappa shape index (κ1) is 44.7. The third-order valence-corrected chi connectivity index (χ3v) is 8.67. The van der Waals surface area contributed by atoms with Crippen LogP contribution >= 0.6 is 0 Å². The summed E-state index contributed by atoms with van der Waals surface area (Å²) in [7, 11) is 0. The van der Waals surface area contributed by atoms with Crippen molar-refractivity contribution in [1.29, 1.82) is 0 Å². The minimum atomic E-state index is -0.523. The largest absolute Gasteiger partial charge is 0.458 e. The predicted molar refractivity (Wildman–Crippen MR) is 193 cm³/mol. The Kier molecular flexibility index (Phi) is 32.6. The number of unbranched alkanes of at least 4 members (excludes halogenated alkanes) is 21. The fraction of sp³-hybridized carbons (Fsp3) is 0.949. The highest BCUT2D eigenvalue weighted by molar-refractivity contribution is 5.70. The van der Waals surface area contributed by atoms with Gasteiger partial charge in [0.1, 0.15) is 6.10 Å². The molecule has 46 heavy (non-hydrogen) atoms. The summed E-state index contributed by atoms with van der Waals surface area (Å²) in [5.74, 6) is -0.219. The summed E-state index contributed by atoms with van der Waals surface area (Å²) in [5, 5.41) is 2.76. The minimum Gasteiger partial charge on any atom is -0.458 e. The van der Waals surface area contributed by atoms with E-state index in [0.29, 0.717) is 26.1 Å². The number of carbonyl (C=O) groups is 2. The van der Waals surface area contributed by atoms with Crippen LogP contribution in [0.5, 0.6) is 0 Å². The predicted octanol–water partition coefficient (Wildman–Crippen LogP) is 11.2. The molecule has 0 radical (unpaired) electrons. The summed E-state index contributed by atoms with van der Waals surface area (Å²) in [4.78, 5) is 24.9.